The number of methoxy groups -OCH3 is 1. The van der Waals surface area contributed by atoms with Crippen LogP contribution in [-0.4, -0.2) is 22.7 Å². The second kappa shape index (κ2) is 9.90. The topological polar surface area (TPSA) is 56.1 Å². The summed E-state index contributed by atoms with van der Waals surface area (Å²) in [6.07, 6.45) is 5.71. The van der Waals surface area contributed by atoms with Crippen LogP contribution in [0.25, 0.3) is 22.2 Å². The smallest absolute Gasteiger partial charge is 0.198 e. The van der Waals surface area contributed by atoms with Gasteiger partial charge in [0.2, 0.25) is 0 Å². The minimum absolute atomic E-state index is 0.00396. The van der Waals surface area contributed by atoms with Crippen molar-refractivity contribution in [2.45, 2.75) is 46.2 Å². The monoisotopic (exact) mass is 441 g/mol. The molecular formula is C28H31N3O2. The molecular weight excluding hydrogens is 410 g/mol. The standard InChI is InChI=1S/C26H25N3O2.C2H6/c1-3-29-16-24(17-8-10-22(31-2)11-9-17)25(30)23-14-21(15-27-26(23)29)28-20-12-18-6-4-5-7-19(18)13-20;1-2/h4-11,14-16,20,28H,3,12-13H2,1-2H3;1-2H3. The number of nitrogens with one attached hydrogen (secondary N) is 1. The summed E-state index contributed by atoms with van der Waals surface area (Å²) in [6, 6.07) is 18.4. The molecule has 1 aliphatic rings. The molecule has 0 amide bonds. The highest BCUT2D eigenvalue weighted by Crippen LogP contribution is 2.26. The molecule has 5 rings (SSSR count). The molecule has 0 fully saturated rings. The van der Waals surface area contributed by atoms with Crippen LogP contribution < -0.4 is 15.5 Å². The third kappa shape index (κ3) is 4.49. The second-order valence-electron chi connectivity index (χ2n) is 8.00. The van der Waals surface area contributed by atoms with Gasteiger partial charge in [0.1, 0.15) is 11.4 Å². The van der Waals surface area contributed by atoms with Crippen molar-refractivity contribution in [3.8, 4) is 16.9 Å². The van der Waals surface area contributed by atoms with Gasteiger partial charge in [-0.15, -0.1) is 0 Å². The number of nitrogens with zero attached hydrogens (tertiary/aromatic N) is 2. The number of aryl methyl sites for hydroxylation is 1. The molecule has 2 aromatic heterocycles. The molecule has 5 heteroatoms. The zero-order valence-electron chi connectivity index (χ0n) is 19.8. The van der Waals surface area contributed by atoms with E-state index in [0.29, 0.717) is 22.6 Å². The van der Waals surface area contributed by atoms with Gasteiger partial charge in [-0.25, -0.2) is 4.98 Å². The molecule has 0 bridgehead atoms. The highest BCUT2D eigenvalue weighted by molar-refractivity contribution is 5.84. The van der Waals surface area contributed by atoms with Crippen LogP contribution >= 0.6 is 0 Å². The molecule has 4 aromatic rings. The third-order valence-corrected chi connectivity index (χ3v) is 6.08. The van der Waals surface area contributed by atoms with Gasteiger partial charge in [0.05, 0.1) is 24.4 Å². The van der Waals surface area contributed by atoms with E-state index in [0.717, 1.165) is 36.4 Å². The molecule has 33 heavy (non-hydrogen) atoms. The van der Waals surface area contributed by atoms with Crippen molar-refractivity contribution < 1.29 is 4.74 Å². The first kappa shape index (κ1) is 22.6. The Morgan fingerprint density at radius 3 is 2.33 bits per heavy atom. The van der Waals surface area contributed by atoms with E-state index in [4.69, 9.17) is 4.74 Å². The summed E-state index contributed by atoms with van der Waals surface area (Å²) in [6.45, 7) is 6.79. The van der Waals surface area contributed by atoms with Crippen molar-refractivity contribution >= 4 is 16.7 Å². The molecule has 0 saturated heterocycles. The van der Waals surface area contributed by atoms with Crippen LogP contribution in [0.5, 0.6) is 5.75 Å². The Bertz CT molecular complexity index is 1280. The molecule has 0 saturated carbocycles. The van der Waals surface area contributed by atoms with E-state index in [1.165, 1.54) is 11.1 Å². The lowest BCUT2D eigenvalue weighted by Gasteiger charge is -2.16. The summed E-state index contributed by atoms with van der Waals surface area (Å²) in [5.41, 5.74) is 5.93. The Hall–Kier alpha value is -3.60. The van der Waals surface area contributed by atoms with Crippen molar-refractivity contribution in [3.05, 3.63) is 88.3 Å². The number of pyridine rings is 2. The van der Waals surface area contributed by atoms with Crippen LogP contribution in [0.2, 0.25) is 0 Å². The Labute approximate surface area is 195 Å². The molecule has 0 aliphatic heterocycles. The zero-order valence-corrected chi connectivity index (χ0v) is 19.8. The van der Waals surface area contributed by atoms with E-state index in [1.54, 1.807) is 7.11 Å². The first-order valence-electron chi connectivity index (χ1n) is 11.7. The molecule has 5 nitrogen and oxygen atoms in total. The summed E-state index contributed by atoms with van der Waals surface area (Å²) in [5.74, 6) is 0.770. The number of rotatable bonds is 5. The lowest BCUT2D eigenvalue weighted by molar-refractivity contribution is 0.415. The number of ether oxygens (including phenoxy) is 1. The molecule has 2 heterocycles. The van der Waals surface area contributed by atoms with E-state index < -0.39 is 0 Å². The van der Waals surface area contributed by atoms with Gasteiger partial charge in [-0.2, -0.15) is 0 Å². The minimum atomic E-state index is -0.00396. The fourth-order valence-corrected chi connectivity index (χ4v) is 4.47. The van der Waals surface area contributed by atoms with Crippen molar-refractivity contribution in [2.24, 2.45) is 0 Å². The van der Waals surface area contributed by atoms with Crippen LogP contribution in [0.3, 0.4) is 0 Å². The number of benzene rings is 2. The van der Waals surface area contributed by atoms with Crippen LogP contribution in [0, 0.1) is 0 Å². The molecule has 1 N–H and O–H groups in total. The van der Waals surface area contributed by atoms with E-state index >= 15 is 0 Å². The Kier molecular flexibility index (Phi) is 6.78. The van der Waals surface area contributed by atoms with Crippen LogP contribution in [0.15, 0.2) is 71.8 Å². The maximum absolute atomic E-state index is 13.4. The van der Waals surface area contributed by atoms with Crippen LogP contribution in [0.4, 0.5) is 5.69 Å². The number of aromatic nitrogens is 2. The van der Waals surface area contributed by atoms with Gasteiger partial charge >= 0.3 is 0 Å². The SMILES string of the molecule is CC.CCn1cc(-c2ccc(OC)cc2)c(=O)c2cc(NC3Cc4ccccc4C3)cnc21. The van der Waals surface area contributed by atoms with Gasteiger partial charge in [0, 0.05) is 24.3 Å². The Balaban J connectivity index is 0.00000126. The predicted octanol–water partition coefficient (Wildman–Crippen LogP) is 5.70. The molecule has 0 radical (unpaired) electrons. The van der Waals surface area contributed by atoms with Gasteiger partial charge in [-0.3, -0.25) is 4.79 Å². The van der Waals surface area contributed by atoms with E-state index in [2.05, 4.69) is 41.5 Å². The average molecular weight is 442 g/mol. The number of anilines is 1. The summed E-state index contributed by atoms with van der Waals surface area (Å²) in [7, 11) is 1.64. The fourth-order valence-electron chi connectivity index (χ4n) is 4.47. The Morgan fingerprint density at radius 2 is 1.73 bits per heavy atom. The molecule has 0 spiro atoms. The van der Waals surface area contributed by atoms with Gasteiger partial charge in [-0.1, -0.05) is 50.2 Å². The van der Waals surface area contributed by atoms with Gasteiger partial charge in [0.15, 0.2) is 5.43 Å². The Morgan fingerprint density at radius 1 is 1.06 bits per heavy atom. The largest absolute Gasteiger partial charge is 0.497 e. The quantitative estimate of drug-likeness (QED) is 0.432. The predicted molar refractivity (Wildman–Crippen MR) is 136 cm³/mol. The molecule has 0 unspecified atom stereocenters. The van der Waals surface area contributed by atoms with Crippen LogP contribution in [0.1, 0.15) is 31.9 Å². The van der Waals surface area contributed by atoms with Crippen molar-refractivity contribution in [1.29, 1.82) is 0 Å². The maximum atomic E-state index is 13.4. The fraction of sp³-hybridized carbons (Fsp3) is 0.286. The minimum Gasteiger partial charge on any atom is -0.497 e. The van der Waals surface area contributed by atoms with Crippen molar-refractivity contribution in [3.63, 3.8) is 0 Å². The number of fused-ring (bicyclic) bond motifs is 2. The van der Waals surface area contributed by atoms with Gasteiger partial charge in [0.25, 0.3) is 0 Å². The first-order chi connectivity index (χ1) is 16.2. The molecule has 2 aromatic carbocycles. The van der Waals surface area contributed by atoms with Gasteiger partial charge in [-0.05, 0) is 54.7 Å². The highest BCUT2D eigenvalue weighted by Gasteiger charge is 2.21. The normalized spacial score (nSPS) is 12.7. The number of hydrogen-bond donors (Lipinski definition) is 1. The van der Waals surface area contributed by atoms with E-state index in [1.807, 2.05) is 61.1 Å². The van der Waals surface area contributed by atoms with Crippen LogP contribution in [-0.2, 0) is 19.4 Å². The molecule has 170 valence electrons. The van der Waals surface area contributed by atoms with Crippen molar-refractivity contribution in [2.75, 3.05) is 12.4 Å². The maximum Gasteiger partial charge on any atom is 0.198 e. The van der Waals surface area contributed by atoms with Gasteiger partial charge < -0.3 is 14.6 Å². The lowest BCUT2D eigenvalue weighted by Crippen LogP contribution is -2.20. The average Bonchev–Trinajstić information content (AvgIpc) is 3.28. The third-order valence-electron chi connectivity index (χ3n) is 6.08. The van der Waals surface area contributed by atoms with Crippen molar-refractivity contribution in [1.82, 2.24) is 9.55 Å². The molecule has 1 aliphatic carbocycles. The highest BCUT2D eigenvalue weighted by atomic mass is 16.5. The number of hydrogen-bond acceptors (Lipinski definition) is 4. The summed E-state index contributed by atoms with van der Waals surface area (Å²) < 4.78 is 7.28. The summed E-state index contributed by atoms with van der Waals surface area (Å²) in [4.78, 5) is 18.1. The zero-order chi connectivity index (χ0) is 23.4. The summed E-state index contributed by atoms with van der Waals surface area (Å²) in [5, 5.41) is 4.23. The van der Waals surface area contributed by atoms with E-state index in [-0.39, 0.29) is 5.43 Å². The lowest BCUT2D eigenvalue weighted by atomic mass is 10.0. The first-order valence-corrected chi connectivity index (χ1v) is 11.7. The second-order valence-corrected chi connectivity index (χ2v) is 8.00. The molecule has 0 atom stereocenters. The van der Waals surface area contributed by atoms with E-state index in [9.17, 15) is 4.79 Å². The summed E-state index contributed by atoms with van der Waals surface area (Å²) >= 11 is 0.